The van der Waals surface area contributed by atoms with E-state index in [1.807, 2.05) is 60.7 Å². The second-order valence-electron chi connectivity index (χ2n) is 11.7. The van der Waals surface area contributed by atoms with Gasteiger partial charge in [0.05, 0.1) is 0 Å². The molecule has 1 aliphatic carbocycles. The number of aromatic nitrogens is 3. The molecule has 0 unspecified atom stereocenters. The van der Waals surface area contributed by atoms with Crippen LogP contribution in [0, 0.1) is 0 Å². The zero-order valence-electron chi connectivity index (χ0n) is 24.9. The van der Waals surface area contributed by atoms with Crippen molar-refractivity contribution in [2.24, 2.45) is 0 Å². The van der Waals surface area contributed by atoms with Gasteiger partial charge in [0.15, 0.2) is 17.5 Å². The van der Waals surface area contributed by atoms with E-state index in [0.29, 0.717) is 17.5 Å². The fourth-order valence-corrected chi connectivity index (χ4v) is 6.61. The Labute approximate surface area is 267 Å². The fourth-order valence-electron chi connectivity index (χ4n) is 6.61. The predicted molar refractivity (Wildman–Crippen MR) is 189 cm³/mol. The molecule has 7 aromatic carbocycles. The first-order valence-corrected chi connectivity index (χ1v) is 15.5. The van der Waals surface area contributed by atoms with E-state index in [2.05, 4.69) is 103 Å². The molecule has 1 aliphatic rings. The lowest BCUT2D eigenvalue weighted by molar-refractivity contribution is 1.07. The van der Waals surface area contributed by atoms with Gasteiger partial charge >= 0.3 is 0 Å². The number of benzene rings is 7. The summed E-state index contributed by atoms with van der Waals surface area (Å²) >= 11 is 0. The molecule has 3 heteroatoms. The summed E-state index contributed by atoms with van der Waals surface area (Å²) in [6.07, 6.45) is 0. The van der Waals surface area contributed by atoms with E-state index in [1.165, 1.54) is 44.2 Å². The van der Waals surface area contributed by atoms with Gasteiger partial charge in [-0.1, -0.05) is 146 Å². The average Bonchev–Trinajstić information content (AvgIpc) is 3.47. The van der Waals surface area contributed by atoms with E-state index >= 15 is 0 Å². The van der Waals surface area contributed by atoms with E-state index in [1.54, 1.807) is 0 Å². The Hall–Kier alpha value is -6.19. The van der Waals surface area contributed by atoms with E-state index in [0.717, 1.165) is 27.8 Å². The van der Waals surface area contributed by atoms with Crippen molar-refractivity contribution in [3.05, 3.63) is 164 Å². The fraction of sp³-hybridized carbons (Fsp3) is 0. The van der Waals surface area contributed by atoms with Gasteiger partial charge in [-0.3, -0.25) is 0 Å². The van der Waals surface area contributed by atoms with Crippen LogP contribution in [0.25, 0.3) is 89.4 Å². The molecule has 0 spiro atoms. The lowest BCUT2D eigenvalue weighted by atomic mass is 9.94. The maximum Gasteiger partial charge on any atom is 0.164 e. The van der Waals surface area contributed by atoms with Crippen molar-refractivity contribution >= 4 is 10.8 Å². The van der Waals surface area contributed by atoms with Crippen molar-refractivity contribution in [2.45, 2.75) is 0 Å². The van der Waals surface area contributed by atoms with Crippen LogP contribution in [0.1, 0.15) is 0 Å². The third-order valence-electron chi connectivity index (χ3n) is 8.86. The van der Waals surface area contributed by atoms with Crippen LogP contribution in [0.15, 0.2) is 164 Å². The number of hydrogen-bond acceptors (Lipinski definition) is 3. The SMILES string of the molecule is c1ccc(-c2nc(-c3ccccc3)nc(-c3cccc(-c4ccc(-c5cc6c7c(cccc7c5)-c5ccccc5-6)cc4)c3)n2)cc1. The van der Waals surface area contributed by atoms with Crippen LogP contribution in [0.3, 0.4) is 0 Å². The molecule has 1 aromatic heterocycles. The monoisotopic (exact) mass is 585 g/mol. The highest BCUT2D eigenvalue weighted by Gasteiger charge is 2.21. The van der Waals surface area contributed by atoms with Crippen LogP contribution in [0.4, 0.5) is 0 Å². The van der Waals surface area contributed by atoms with Crippen molar-refractivity contribution in [1.82, 2.24) is 15.0 Å². The third kappa shape index (κ3) is 4.49. The molecule has 8 aromatic rings. The van der Waals surface area contributed by atoms with Gasteiger partial charge < -0.3 is 0 Å². The van der Waals surface area contributed by atoms with Gasteiger partial charge in [0.1, 0.15) is 0 Å². The van der Waals surface area contributed by atoms with E-state index in [9.17, 15) is 0 Å². The maximum atomic E-state index is 4.93. The number of fused-ring (bicyclic) bond motifs is 3. The van der Waals surface area contributed by atoms with Gasteiger partial charge in [0.25, 0.3) is 0 Å². The van der Waals surface area contributed by atoms with E-state index < -0.39 is 0 Å². The van der Waals surface area contributed by atoms with Gasteiger partial charge in [-0.05, 0) is 73.5 Å². The lowest BCUT2D eigenvalue weighted by Crippen LogP contribution is -2.00. The summed E-state index contributed by atoms with van der Waals surface area (Å²) in [5, 5.41) is 2.63. The predicted octanol–water partition coefficient (Wildman–Crippen LogP) is 11.0. The molecule has 214 valence electrons. The van der Waals surface area contributed by atoms with Crippen molar-refractivity contribution in [1.29, 1.82) is 0 Å². The van der Waals surface area contributed by atoms with Crippen LogP contribution < -0.4 is 0 Å². The Balaban J connectivity index is 1.09. The Morgan fingerprint density at radius 1 is 0.261 bits per heavy atom. The molecule has 0 saturated heterocycles. The van der Waals surface area contributed by atoms with Gasteiger partial charge in [-0.25, -0.2) is 15.0 Å². The summed E-state index contributed by atoms with van der Waals surface area (Å²) in [6.45, 7) is 0. The number of hydrogen-bond donors (Lipinski definition) is 0. The summed E-state index contributed by atoms with van der Waals surface area (Å²) in [7, 11) is 0. The summed E-state index contributed by atoms with van der Waals surface area (Å²) in [4.78, 5) is 14.7. The zero-order chi connectivity index (χ0) is 30.5. The van der Waals surface area contributed by atoms with Crippen LogP contribution >= 0.6 is 0 Å². The van der Waals surface area contributed by atoms with Crippen molar-refractivity contribution < 1.29 is 0 Å². The van der Waals surface area contributed by atoms with Gasteiger partial charge in [-0.2, -0.15) is 0 Å². The first kappa shape index (κ1) is 26.2. The Bertz CT molecular complexity index is 2340. The summed E-state index contributed by atoms with van der Waals surface area (Å²) in [6, 6.07) is 57.5. The molecule has 0 radical (unpaired) electrons. The number of rotatable bonds is 5. The highest BCUT2D eigenvalue weighted by atomic mass is 15.0. The summed E-state index contributed by atoms with van der Waals surface area (Å²) < 4.78 is 0. The van der Waals surface area contributed by atoms with Crippen LogP contribution in [-0.4, -0.2) is 15.0 Å². The van der Waals surface area contributed by atoms with Gasteiger partial charge in [0, 0.05) is 16.7 Å². The van der Waals surface area contributed by atoms with E-state index in [-0.39, 0.29) is 0 Å². The second-order valence-corrected chi connectivity index (χ2v) is 11.7. The molecule has 3 nitrogen and oxygen atoms in total. The lowest BCUT2D eigenvalue weighted by Gasteiger charge is -2.11. The van der Waals surface area contributed by atoms with Gasteiger partial charge in [-0.15, -0.1) is 0 Å². The molecule has 46 heavy (non-hydrogen) atoms. The molecule has 0 amide bonds. The van der Waals surface area contributed by atoms with Gasteiger partial charge in [0.2, 0.25) is 0 Å². The quantitative estimate of drug-likeness (QED) is 0.202. The Morgan fingerprint density at radius 2 is 0.739 bits per heavy atom. The summed E-state index contributed by atoms with van der Waals surface area (Å²) in [5.74, 6) is 1.97. The van der Waals surface area contributed by atoms with Crippen LogP contribution in [-0.2, 0) is 0 Å². The van der Waals surface area contributed by atoms with Crippen molar-refractivity contribution in [3.63, 3.8) is 0 Å². The minimum Gasteiger partial charge on any atom is -0.208 e. The third-order valence-corrected chi connectivity index (χ3v) is 8.86. The largest absolute Gasteiger partial charge is 0.208 e. The standard InChI is InChI=1S/C43H27N3/c1-3-11-30(12-4-1)41-44-42(31-13-5-2-6-14-31)46-43(45-41)34-17-9-15-32(25-34)28-21-23-29(24-22-28)35-26-33-16-10-20-38-36-18-7-8-19-37(36)39(27-35)40(33)38/h1-27H. The van der Waals surface area contributed by atoms with E-state index in [4.69, 9.17) is 15.0 Å². The molecule has 0 saturated carbocycles. The summed E-state index contributed by atoms with van der Waals surface area (Å²) in [5.41, 5.74) is 12.8. The van der Waals surface area contributed by atoms with Crippen molar-refractivity contribution in [2.75, 3.05) is 0 Å². The molecule has 9 rings (SSSR count). The van der Waals surface area contributed by atoms with Crippen LogP contribution in [0.2, 0.25) is 0 Å². The topological polar surface area (TPSA) is 38.7 Å². The minimum atomic E-state index is 0.653. The Morgan fingerprint density at radius 3 is 1.39 bits per heavy atom. The molecule has 0 atom stereocenters. The highest BCUT2D eigenvalue weighted by molar-refractivity contribution is 6.16. The smallest absolute Gasteiger partial charge is 0.164 e. The molecule has 1 heterocycles. The molecule has 0 N–H and O–H groups in total. The van der Waals surface area contributed by atoms with Crippen molar-refractivity contribution in [3.8, 4) is 78.7 Å². The first-order valence-electron chi connectivity index (χ1n) is 15.5. The molecular formula is C43H27N3. The molecular weight excluding hydrogens is 558 g/mol. The second kappa shape index (κ2) is 10.8. The average molecular weight is 586 g/mol. The normalized spacial score (nSPS) is 11.5. The maximum absolute atomic E-state index is 4.93. The molecule has 0 bridgehead atoms. The van der Waals surface area contributed by atoms with Crippen LogP contribution in [0.5, 0.6) is 0 Å². The number of nitrogens with zero attached hydrogens (tertiary/aromatic N) is 3. The highest BCUT2D eigenvalue weighted by Crippen LogP contribution is 2.48. The zero-order valence-corrected chi connectivity index (χ0v) is 24.9. The minimum absolute atomic E-state index is 0.653. The molecule has 0 aliphatic heterocycles. The first-order chi connectivity index (χ1) is 22.8. The molecule has 0 fully saturated rings. The Kier molecular flexibility index (Phi) is 6.14.